The molecule has 2 aromatic heterocycles. The number of hydrogen-bond acceptors (Lipinski definition) is 4. The van der Waals surface area contributed by atoms with Crippen LogP contribution in [0.15, 0.2) is 66.0 Å². The number of carbonyl (C=O) groups is 1. The Bertz CT molecular complexity index is 967. The van der Waals surface area contributed by atoms with Crippen molar-refractivity contribution in [2.45, 2.75) is 13.0 Å². The maximum Gasteiger partial charge on any atom is 0.251 e. The zero-order valence-corrected chi connectivity index (χ0v) is 16.6. The Labute approximate surface area is 170 Å². The van der Waals surface area contributed by atoms with Gasteiger partial charge in [-0.3, -0.25) is 9.79 Å². The second-order valence-corrected chi connectivity index (χ2v) is 6.35. The van der Waals surface area contributed by atoms with Crippen molar-refractivity contribution in [1.29, 1.82) is 0 Å². The predicted molar refractivity (Wildman–Crippen MR) is 113 cm³/mol. The second kappa shape index (κ2) is 10.0. The highest BCUT2D eigenvalue weighted by Gasteiger charge is 2.05. The van der Waals surface area contributed by atoms with Crippen molar-refractivity contribution < 1.29 is 4.79 Å². The third-order valence-corrected chi connectivity index (χ3v) is 4.35. The third-order valence-electron chi connectivity index (χ3n) is 4.35. The normalized spacial score (nSPS) is 11.2. The van der Waals surface area contributed by atoms with Gasteiger partial charge in [-0.1, -0.05) is 12.1 Å². The van der Waals surface area contributed by atoms with Crippen molar-refractivity contribution in [3.8, 4) is 5.82 Å². The van der Waals surface area contributed by atoms with Crippen molar-refractivity contribution in [3.63, 3.8) is 0 Å². The van der Waals surface area contributed by atoms with E-state index in [0.29, 0.717) is 24.6 Å². The molecule has 1 amide bonds. The molecule has 0 fully saturated rings. The molecule has 2 heterocycles. The van der Waals surface area contributed by atoms with Crippen LogP contribution in [0.25, 0.3) is 5.82 Å². The zero-order chi connectivity index (χ0) is 20.5. The number of carbonyl (C=O) groups excluding carboxylic acids is 1. The summed E-state index contributed by atoms with van der Waals surface area (Å²) in [5.41, 5.74) is 2.83. The average Bonchev–Trinajstić information content (AvgIpc) is 3.31. The Balaban J connectivity index is 1.50. The minimum atomic E-state index is -0.0795. The highest BCUT2D eigenvalue weighted by Crippen LogP contribution is 2.07. The van der Waals surface area contributed by atoms with Gasteiger partial charge in [-0.15, -0.1) is 0 Å². The molecule has 0 saturated carbocycles. The van der Waals surface area contributed by atoms with E-state index >= 15 is 0 Å². The van der Waals surface area contributed by atoms with Crippen LogP contribution >= 0.6 is 0 Å². The summed E-state index contributed by atoms with van der Waals surface area (Å²) in [6.45, 7) is 1.31. The lowest BCUT2D eigenvalue weighted by molar-refractivity contribution is 0.0963. The van der Waals surface area contributed by atoms with Crippen LogP contribution in [0, 0.1) is 0 Å². The van der Waals surface area contributed by atoms with Crippen molar-refractivity contribution in [2.75, 3.05) is 20.6 Å². The number of aliphatic imine (C=N–C) groups is 1. The lowest BCUT2D eigenvalue weighted by Gasteiger charge is -2.13. The highest BCUT2D eigenvalue weighted by molar-refractivity contribution is 5.94. The molecule has 1 aromatic carbocycles. The number of guanidine groups is 1. The van der Waals surface area contributed by atoms with Crippen LogP contribution in [0.3, 0.4) is 0 Å². The number of pyridine rings is 1. The van der Waals surface area contributed by atoms with E-state index < -0.39 is 0 Å². The summed E-state index contributed by atoms with van der Waals surface area (Å²) in [6, 6.07) is 13.4. The van der Waals surface area contributed by atoms with E-state index in [1.165, 1.54) is 0 Å². The molecule has 3 N–H and O–H groups in total. The van der Waals surface area contributed by atoms with Crippen LogP contribution in [0.1, 0.15) is 21.5 Å². The first kappa shape index (κ1) is 20.1. The zero-order valence-electron chi connectivity index (χ0n) is 16.6. The van der Waals surface area contributed by atoms with E-state index in [4.69, 9.17) is 0 Å². The fraction of sp³-hybridized carbons (Fsp3) is 0.238. The van der Waals surface area contributed by atoms with Gasteiger partial charge in [-0.05, 0) is 47.9 Å². The van der Waals surface area contributed by atoms with Gasteiger partial charge in [0, 0.05) is 51.3 Å². The quantitative estimate of drug-likeness (QED) is 0.419. The topological polar surface area (TPSA) is 96.2 Å². The van der Waals surface area contributed by atoms with E-state index in [1.807, 2.05) is 48.7 Å². The number of rotatable bonds is 7. The molecule has 29 heavy (non-hydrogen) atoms. The first-order valence-corrected chi connectivity index (χ1v) is 9.40. The summed E-state index contributed by atoms with van der Waals surface area (Å²) in [7, 11) is 3.37. The summed E-state index contributed by atoms with van der Waals surface area (Å²) >= 11 is 0. The van der Waals surface area contributed by atoms with Crippen molar-refractivity contribution in [1.82, 2.24) is 30.7 Å². The monoisotopic (exact) mass is 391 g/mol. The summed E-state index contributed by atoms with van der Waals surface area (Å²) in [5.74, 6) is 1.40. The maximum absolute atomic E-state index is 11.7. The van der Waals surface area contributed by atoms with Crippen LogP contribution < -0.4 is 16.0 Å². The van der Waals surface area contributed by atoms with Crippen LogP contribution in [0.4, 0.5) is 0 Å². The SMILES string of the molecule is CN=C(NCCc1cccc(C(=O)NC)c1)NCc1ccnc(-n2cccn2)c1. The minimum absolute atomic E-state index is 0.0795. The van der Waals surface area contributed by atoms with Gasteiger partial charge >= 0.3 is 0 Å². The fourth-order valence-electron chi connectivity index (χ4n) is 2.84. The number of amides is 1. The van der Waals surface area contributed by atoms with Gasteiger partial charge in [0.2, 0.25) is 0 Å². The van der Waals surface area contributed by atoms with Gasteiger partial charge in [0.05, 0.1) is 0 Å². The number of aromatic nitrogens is 3. The van der Waals surface area contributed by atoms with E-state index in [9.17, 15) is 4.79 Å². The molecule has 0 aliphatic rings. The van der Waals surface area contributed by atoms with Crippen LogP contribution in [0.5, 0.6) is 0 Å². The molecule has 8 heteroatoms. The third kappa shape index (κ3) is 5.65. The Morgan fingerprint density at radius 2 is 2.00 bits per heavy atom. The molecule has 0 aliphatic carbocycles. The van der Waals surface area contributed by atoms with Crippen LogP contribution in [-0.4, -0.2) is 47.3 Å². The molecule has 0 aliphatic heterocycles. The Kier molecular flexibility index (Phi) is 6.94. The fourth-order valence-corrected chi connectivity index (χ4v) is 2.84. The first-order chi connectivity index (χ1) is 14.2. The maximum atomic E-state index is 11.7. The summed E-state index contributed by atoms with van der Waals surface area (Å²) < 4.78 is 1.73. The highest BCUT2D eigenvalue weighted by atomic mass is 16.1. The number of benzene rings is 1. The first-order valence-electron chi connectivity index (χ1n) is 9.40. The van der Waals surface area contributed by atoms with Crippen molar-refractivity contribution >= 4 is 11.9 Å². The lowest BCUT2D eigenvalue weighted by Crippen LogP contribution is -2.37. The molecule has 3 aromatic rings. The number of nitrogens with one attached hydrogen (secondary N) is 3. The molecular weight excluding hydrogens is 366 g/mol. The molecule has 0 bridgehead atoms. The van der Waals surface area contributed by atoms with Gasteiger partial charge in [-0.25, -0.2) is 9.67 Å². The average molecular weight is 391 g/mol. The van der Waals surface area contributed by atoms with Crippen molar-refractivity contribution in [3.05, 3.63) is 77.7 Å². The summed E-state index contributed by atoms with van der Waals surface area (Å²) in [6.07, 6.45) is 6.13. The second-order valence-electron chi connectivity index (χ2n) is 6.35. The Morgan fingerprint density at radius 1 is 1.10 bits per heavy atom. The molecule has 8 nitrogen and oxygen atoms in total. The smallest absolute Gasteiger partial charge is 0.251 e. The molecule has 3 rings (SSSR count). The molecule has 0 atom stereocenters. The summed E-state index contributed by atoms with van der Waals surface area (Å²) in [4.78, 5) is 20.3. The van der Waals surface area contributed by atoms with E-state index in [0.717, 1.165) is 23.4 Å². The Morgan fingerprint density at radius 3 is 2.76 bits per heavy atom. The summed E-state index contributed by atoms with van der Waals surface area (Å²) in [5, 5.41) is 13.4. The van der Waals surface area contributed by atoms with Gasteiger partial charge in [0.1, 0.15) is 0 Å². The van der Waals surface area contributed by atoms with E-state index in [2.05, 4.69) is 31.0 Å². The van der Waals surface area contributed by atoms with Crippen molar-refractivity contribution in [2.24, 2.45) is 4.99 Å². The van der Waals surface area contributed by atoms with Gasteiger partial charge in [0.25, 0.3) is 5.91 Å². The molecule has 0 unspecified atom stereocenters. The van der Waals surface area contributed by atoms with Crippen LogP contribution in [-0.2, 0) is 13.0 Å². The molecular formula is C21H25N7O. The minimum Gasteiger partial charge on any atom is -0.356 e. The molecule has 0 radical (unpaired) electrons. The number of nitrogens with zero attached hydrogens (tertiary/aromatic N) is 4. The van der Waals surface area contributed by atoms with Gasteiger partial charge in [0.15, 0.2) is 11.8 Å². The predicted octanol–water partition coefficient (Wildman–Crippen LogP) is 1.53. The van der Waals surface area contributed by atoms with E-state index in [1.54, 1.807) is 31.2 Å². The molecule has 150 valence electrons. The standard InChI is InChI=1S/C21H25N7O/c1-22-20(29)18-6-3-5-16(13-18)7-11-25-21(23-2)26-15-17-8-10-24-19(14-17)28-12-4-9-27-28/h3-6,8-10,12-14H,7,11,15H2,1-2H3,(H,22,29)(H2,23,25,26). The lowest BCUT2D eigenvalue weighted by atomic mass is 10.1. The van der Waals surface area contributed by atoms with Crippen LogP contribution in [0.2, 0.25) is 0 Å². The Hall–Kier alpha value is -3.68. The largest absolute Gasteiger partial charge is 0.356 e. The molecule has 0 spiro atoms. The van der Waals surface area contributed by atoms with Gasteiger partial charge < -0.3 is 16.0 Å². The van der Waals surface area contributed by atoms with E-state index in [-0.39, 0.29) is 5.91 Å². The number of hydrogen-bond donors (Lipinski definition) is 3. The van der Waals surface area contributed by atoms with Gasteiger partial charge in [-0.2, -0.15) is 5.10 Å². The molecule has 0 saturated heterocycles.